The summed E-state index contributed by atoms with van der Waals surface area (Å²) >= 11 is 0. The van der Waals surface area contributed by atoms with E-state index in [1.54, 1.807) is 0 Å². The summed E-state index contributed by atoms with van der Waals surface area (Å²) in [5.41, 5.74) is -1.04. The molecule has 0 radical (unpaired) electrons. The van der Waals surface area contributed by atoms with Gasteiger partial charge in [-0.15, -0.1) is 0 Å². The Bertz CT molecular complexity index is 410. The third-order valence-corrected chi connectivity index (χ3v) is 7.28. The van der Waals surface area contributed by atoms with Crippen molar-refractivity contribution in [2.75, 3.05) is 45.8 Å². The van der Waals surface area contributed by atoms with Gasteiger partial charge in [-0.25, -0.2) is 0 Å². The monoisotopic (exact) mass is 375 g/mol. The number of quaternary nitrogens is 1. The molecular weight excluding hydrogens is 336 g/mol. The van der Waals surface area contributed by atoms with Gasteiger partial charge in [-0.2, -0.15) is 0 Å². The molecule has 3 aliphatic heterocycles. The Morgan fingerprint density at radius 1 is 0.960 bits per heavy atom. The van der Waals surface area contributed by atoms with E-state index in [1.165, 1.54) is 39.3 Å². The summed E-state index contributed by atoms with van der Waals surface area (Å²) in [5, 5.41) is 0. The first kappa shape index (κ1) is 21.3. The summed E-state index contributed by atoms with van der Waals surface area (Å²) in [6, 6.07) is 0. The first-order valence-electron chi connectivity index (χ1n) is 9.72. The van der Waals surface area contributed by atoms with Gasteiger partial charge in [0.05, 0.1) is 30.8 Å². The minimum atomic E-state index is -3.74. The van der Waals surface area contributed by atoms with Crippen LogP contribution < -0.4 is 0 Å². The summed E-state index contributed by atoms with van der Waals surface area (Å²) in [5.74, 6) is 0. The van der Waals surface area contributed by atoms with Crippen molar-refractivity contribution in [2.45, 2.75) is 72.2 Å². The maximum atomic E-state index is 11.1. The van der Waals surface area contributed by atoms with Gasteiger partial charge < -0.3 is 22.6 Å². The Kier molecular flexibility index (Phi) is 6.42. The van der Waals surface area contributed by atoms with Gasteiger partial charge in [-0.3, -0.25) is 4.90 Å². The zero-order valence-corrected chi connectivity index (χ0v) is 18.3. The smallest absolute Gasteiger partial charge is 0.367 e. The molecule has 148 valence electrons. The molecule has 3 aliphatic rings. The normalized spacial score (nSPS) is 29.0. The van der Waals surface area contributed by atoms with Crippen molar-refractivity contribution < 1.29 is 22.6 Å². The zero-order chi connectivity index (χ0) is 18.9. The van der Waals surface area contributed by atoms with E-state index in [0.29, 0.717) is 0 Å². The second-order valence-corrected chi connectivity index (χ2v) is 11.3. The summed E-state index contributed by atoms with van der Waals surface area (Å²) < 4.78 is 19.2. The van der Waals surface area contributed by atoms with E-state index >= 15 is 0 Å². The van der Waals surface area contributed by atoms with Crippen LogP contribution in [0.15, 0.2) is 0 Å². The second kappa shape index (κ2) is 7.54. The average molecular weight is 376 g/mol. The van der Waals surface area contributed by atoms with Gasteiger partial charge in [-0.1, -0.05) is 6.92 Å². The van der Waals surface area contributed by atoms with Crippen LogP contribution in [0.1, 0.15) is 54.9 Å². The van der Waals surface area contributed by atoms with Crippen LogP contribution >= 0.6 is 0 Å². The molecule has 6 nitrogen and oxygen atoms in total. The molecule has 0 saturated carbocycles. The van der Waals surface area contributed by atoms with Crippen LogP contribution in [0.3, 0.4) is 0 Å². The van der Waals surface area contributed by atoms with Gasteiger partial charge in [0.25, 0.3) is 0 Å². The Labute approximate surface area is 155 Å². The Morgan fingerprint density at radius 2 is 1.40 bits per heavy atom. The molecule has 0 aromatic carbocycles. The van der Waals surface area contributed by atoms with Crippen molar-refractivity contribution in [1.82, 2.24) is 4.90 Å². The highest BCUT2D eigenvalue weighted by Crippen LogP contribution is 2.27. The van der Waals surface area contributed by atoms with Crippen molar-refractivity contribution in [1.29, 1.82) is 0 Å². The first-order valence-corrected chi connectivity index (χ1v) is 11.4. The maximum absolute atomic E-state index is 11.1. The number of nitrogens with zero attached hydrogens (tertiary/aromatic N) is 2. The van der Waals surface area contributed by atoms with E-state index in [9.17, 15) is 4.80 Å². The molecule has 0 aliphatic carbocycles. The predicted molar refractivity (Wildman–Crippen MR) is 101 cm³/mol. The van der Waals surface area contributed by atoms with E-state index < -0.39 is 20.3 Å². The molecule has 3 fully saturated rings. The van der Waals surface area contributed by atoms with E-state index in [2.05, 4.69) is 11.8 Å². The van der Waals surface area contributed by atoms with Crippen LogP contribution in [0.4, 0.5) is 0 Å². The molecule has 25 heavy (non-hydrogen) atoms. The Balaban J connectivity index is 2.08. The fourth-order valence-corrected chi connectivity index (χ4v) is 6.09. The van der Waals surface area contributed by atoms with Gasteiger partial charge in [-0.05, 0) is 48.0 Å². The SMILES string of the molecule is CC[C@H](C[N+]12CCN(CC1)CC2)O[Si](O)(OC(C)(C)C)OC(C)(C)C. The van der Waals surface area contributed by atoms with E-state index in [4.69, 9.17) is 13.3 Å². The van der Waals surface area contributed by atoms with Crippen LogP contribution in [0, 0.1) is 0 Å². The molecule has 1 atom stereocenters. The molecule has 0 spiro atoms. The third-order valence-electron chi connectivity index (χ3n) is 4.90. The molecule has 1 N–H and O–H groups in total. The second-order valence-electron chi connectivity index (χ2n) is 9.64. The molecule has 3 saturated heterocycles. The number of hydrogen-bond acceptors (Lipinski definition) is 5. The fourth-order valence-electron chi connectivity index (χ4n) is 3.74. The van der Waals surface area contributed by atoms with Crippen LogP contribution in [0.2, 0.25) is 0 Å². The molecule has 0 aromatic rings. The van der Waals surface area contributed by atoms with Gasteiger partial charge in [0.1, 0.15) is 12.6 Å². The topological polar surface area (TPSA) is 51.2 Å². The summed E-state index contributed by atoms with van der Waals surface area (Å²) in [7, 11) is -3.74. The third kappa shape index (κ3) is 6.57. The number of piperazine rings is 3. The standard InChI is InChI=1S/C18H39N2O4Si/c1-8-16(15-20-12-9-19(10-13-20)11-14-20)22-25(21,23-17(2,3)4)24-18(5,6)7/h16,21H,8-15H2,1-7H3/q+1/t16-/m1/s1. The highest BCUT2D eigenvalue weighted by molar-refractivity contribution is 6.52. The number of hydrogen-bond donors (Lipinski definition) is 1. The lowest BCUT2D eigenvalue weighted by Gasteiger charge is -2.51. The zero-order valence-electron chi connectivity index (χ0n) is 17.3. The highest BCUT2D eigenvalue weighted by Gasteiger charge is 2.51. The molecule has 3 rings (SSSR count). The van der Waals surface area contributed by atoms with E-state index in [1.807, 2.05) is 41.5 Å². The highest BCUT2D eigenvalue weighted by atomic mass is 28.4. The lowest BCUT2D eigenvalue weighted by atomic mass is 10.1. The van der Waals surface area contributed by atoms with Crippen LogP contribution in [-0.4, -0.2) is 86.3 Å². The van der Waals surface area contributed by atoms with Crippen LogP contribution in [0.25, 0.3) is 0 Å². The minimum absolute atomic E-state index is 0.0500. The summed E-state index contributed by atoms with van der Waals surface area (Å²) in [6.07, 6.45) is 0.797. The molecule has 2 bridgehead atoms. The first-order chi connectivity index (χ1) is 11.3. The maximum Gasteiger partial charge on any atom is 0.678 e. The van der Waals surface area contributed by atoms with Crippen molar-refractivity contribution in [3.05, 3.63) is 0 Å². The van der Waals surface area contributed by atoms with Gasteiger partial charge in [0.2, 0.25) is 0 Å². The van der Waals surface area contributed by atoms with Crippen LogP contribution in [-0.2, 0) is 13.3 Å². The van der Waals surface area contributed by atoms with Gasteiger partial charge in [0, 0.05) is 19.6 Å². The van der Waals surface area contributed by atoms with Crippen molar-refractivity contribution in [3.8, 4) is 0 Å². The average Bonchev–Trinajstić information content (AvgIpc) is 2.43. The largest absolute Gasteiger partial charge is 0.678 e. The Hall–Kier alpha value is -0.0231. The molecule has 0 unspecified atom stereocenters. The van der Waals surface area contributed by atoms with Crippen molar-refractivity contribution in [3.63, 3.8) is 0 Å². The molecule has 0 amide bonds. The minimum Gasteiger partial charge on any atom is -0.367 e. The fraction of sp³-hybridized carbons (Fsp3) is 1.00. The Morgan fingerprint density at radius 3 is 1.76 bits per heavy atom. The molecule has 7 heteroatoms. The lowest BCUT2D eigenvalue weighted by Crippen LogP contribution is -2.69. The van der Waals surface area contributed by atoms with Gasteiger partial charge >= 0.3 is 9.05 Å². The number of rotatable bonds is 7. The molecule has 3 heterocycles. The van der Waals surface area contributed by atoms with Crippen molar-refractivity contribution in [2.24, 2.45) is 0 Å². The van der Waals surface area contributed by atoms with E-state index in [0.717, 1.165) is 17.4 Å². The van der Waals surface area contributed by atoms with E-state index in [-0.39, 0.29) is 6.10 Å². The van der Waals surface area contributed by atoms with Crippen LogP contribution in [0.5, 0.6) is 0 Å². The van der Waals surface area contributed by atoms with Crippen molar-refractivity contribution >= 4 is 9.05 Å². The quantitative estimate of drug-likeness (QED) is 0.545. The summed E-state index contributed by atoms with van der Waals surface area (Å²) in [6.45, 7) is 21.7. The molecular formula is C18H39N2O4Si+. The lowest BCUT2D eigenvalue weighted by molar-refractivity contribution is -0.943. The number of fused-ring (bicyclic) bond motifs is 3. The summed E-state index contributed by atoms with van der Waals surface area (Å²) in [4.78, 5) is 13.7. The molecule has 0 aromatic heterocycles. The predicted octanol–water partition coefficient (Wildman–Crippen LogP) is 1.99. The van der Waals surface area contributed by atoms with Gasteiger partial charge in [0.15, 0.2) is 0 Å².